The molecule has 0 aliphatic carbocycles. The lowest BCUT2D eigenvalue weighted by Gasteiger charge is -2.34. The molecule has 1 aromatic heterocycles. The molecule has 1 aliphatic heterocycles. The van der Waals surface area contributed by atoms with Crippen molar-refractivity contribution in [1.82, 2.24) is 15.0 Å². The van der Waals surface area contributed by atoms with E-state index in [4.69, 9.17) is 4.52 Å². The van der Waals surface area contributed by atoms with Gasteiger partial charge in [-0.3, -0.25) is 9.69 Å². The van der Waals surface area contributed by atoms with Gasteiger partial charge in [0.1, 0.15) is 0 Å². The fourth-order valence-electron chi connectivity index (χ4n) is 3.27. The highest BCUT2D eigenvalue weighted by atomic mass is 19.2. The first-order valence-corrected chi connectivity index (χ1v) is 9.08. The maximum absolute atomic E-state index is 13.4. The van der Waals surface area contributed by atoms with Gasteiger partial charge in [-0.25, -0.2) is 8.78 Å². The van der Waals surface area contributed by atoms with Crippen LogP contribution in [0.15, 0.2) is 59.1 Å². The van der Waals surface area contributed by atoms with Gasteiger partial charge in [-0.1, -0.05) is 35.5 Å². The van der Waals surface area contributed by atoms with E-state index in [1.165, 1.54) is 17.7 Å². The van der Waals surface area contributed by atoms with Gasteiger partial charge in [0.05, 0.1) is 0 Å². The maximum Gasteiger partial charge on any atom is 0.276 e. The topological polar surface area (TPSA) is 49.6 Å². The molecule has 28 heavy (non-hydrogen) atoms. The Morgan fingerprint density at radius 3 is 2.43 bits per heavy atom. The summed E-state index contributed by atoms with van der Waals surface area (Å²) < 4.78 is 31.6. The number of halogens is 2. The lowest BCUT2D eigenvalue weighted by molar-refractivity contribution is 0.0618. The fourth-order valence-corrected chi connectivity index (χ4v) is 3.27. The molecule has 0 atom stereocenters. The average molecular weight is 383 g/mol. The number of nitrogens with zero attached hydrogens (tertiary/aromatic N) is 3. The molecule has 0 bridgehead atoms. The summed E-state index contributed by atoms with van der Waals surface area (Å²) in [5.41, 5.74) is 1.74. The number of hydrogen-bond acceptors (Lipinski definition) is 4. The molecule has 144 valence electrons. The number of hydrogen-bond donors (Lipinski definition) is 0. The zero-order valence-electron chi connectivity index (χ0n) is 15.1. The molecule has 5 nitrogen and oxygen atoms in total. The van der Waals surface area contributed by atoms with Gasteiger partial charge in [0.15, 0.2) is 23.1 Å². The molecule has 0 saturated carbocycles. The number of rotatable bonds is 4. The molecule has 1 aliphatic rings. The highest BCUT2D eigenvalue weighted by molar-refractivity contribution is 5.93. The molecular formula is C21H19F2N3O2. The lowest BCUT2D eigenvalue weighted by Crippen LogP contribution is -2.48. The van der Waals surface area contributed by atoms with Gasteiger partial charge in [0.25, 0.3) is 5.91 Å². The fraction of sp³-hybridized carbons (Fsp3) is 0.238. The summed E-state index contributed by atoms with van der Waals surface area (Å²) in [6, 6.07) is 15.1. The maximum atomic E-state index is 13.4. The second-order valence-corrected chi connectivity index (χ2v) is 6.76. The standard InChI is InChI=1S/C21H19F2N3O2/c22-17-7-6-16(12-18(17)23)20-13-19(24-28-20)21(27)26-10-8-25(9-11-26)14-15-4-2-1-3-5-15/h1-7,12-13H,8-11,14H2. The molecule has 2 heterocycles. The van der Waals surface area contributed by atoms with Crippen molar-refractivity contribution >= 4 is 5.91 Å². The van der Waals surface area contributed by atoms with E-state index in [1.807, 2.05) is 18.2 Å². The van der Waals surface area contributed by atoms with E-state index in [0.717, 1.165) is 31.8 Å². The zero-order valence-corrected chi connectivity index (χ0v) is 15.1. The number of piperazine rings is 1. The van der Waals surface area contributed by atoms with Crippen molar-refractivity contribution < 1.29 is 18.1 Å². The van der Waals surface area contributed by atoms with Crippen LogP contribution in [0.4, 0.5) is 8.78 Å². The van der Waals surface area contributed by atoms with Gasteiger partial charge in [-0.2, -0.15) is 0 Å². The lowest BCUT2D eigenvalue weighted by atomic mass is 10.1. The molecule has 4 rings (SSSR count). The van der Waals surface area contributed by atoms with Crippen LogP contribution in [0.3, 0.4) is 0 Å². The van der Waals surface area contributed by atoms with Crippen molar-refractivity contribution in [3.8, 4) is 11.3 Å². The SMILES string of the molecule is O=C(c1cc(-c2ccc(F)c(F)c2)on1)N1CCN(Cc2ccccc2)CC1. The van der Waals surface area contributed by atoms with E-state index in [0.29, 0.717) is 18.7 Å². The molecule has 1 fully saturated rings. The summed E-state index contributed by atoms with van der Waals surface area (Å²) in [6.07, 6.45) is 0. The van der Waals surface area contributed by atoms with Crippen LogP contribution in [0.25, 0.3) is 11.3 Å². The van der Waals surface area contributed by atoms with Crippen LogP contribution in [0.5, 0.6) is 0 Å². The smallest absolute Gasteiger partial charge is 0.276 e. The predicted molar refractivity (Wildman–Crippen MR) is 99.5 cm³/mol. The van der Waals surface area contributed by atoms with Gasteiger partial charge < -0.3 is 9.42 Å². The Bertz CT molecular complexity index is 967. The minimum atomic E-state index is -0.976. The van der Waals surface area contributed by atoms with Crippen molar-refractivity contribution in [1.29, 1.82) is 0 Å². The first kappa shape index (κ1) is 18.3. The molecule has 1 saturated heterocycles. The summed E-state index contributed by atoms with van der Waals surface area (Å²) in [7, 11) is 0. The first-order chi connectivity index (χ1) is 13.6. The van der Waals surface area contributed by atoms with Gasteiger partial charge in [-0.05, 0) is 23.8 Å². The van der Waals surface area contributed by atoms with E-state index >= 15 is 0 Å². The van der Waals surface area contributed by atoms with Crippen molar-refractivity contribution in [2.75, 3.05) is 26.2 Å². The van der Waals surface area contributed by atoms with Crippen LogP contribution >= 0.6 is 0 Å². The van der Waals surface area contributed by atoms with Crippen LogP contribution < -0.4 is 0 Å². The summed E-state index contributed by atoms with van der Waals surface area (Å²) in [6.45, 7) is 3.59. The summed E-state index contributed by atoms with van der Waals surface area (Å²) >= 11 is 0. The van der Waals surface area contributed by atoms with Crippen LogP contribution in [0.1, 0.15) is 16.1 Å². The second kappa shape index (κ2) is 7.90. The van der Waals surface area contributed by atoms with Crippen molar-refractivity contribution in [3.05, 3.63) is 77.5 Å². The van der Waals surface area contributed by atoms with Gasteiger partial charge in [0, 0.05) is 44.4 Å². The highest BCUT2D eigenvalue weighted by Gasteiger charge is 2.25. The van der Waals surface area contributed by atoms with Crippen LogP contribution in [-0.2, 0) is 6.54 Å². The van der Waals surface area contributed by atoms with Crippen molar-refractivity contribution in [3.63, 3.8) is 0 Å². The quantitative estimate of drug-likeness (QED) is 0.691. The number of aromatic nitrogens is 1. The minimum Gasteiger partial charge on any atom is -0.355 e. The Labute approximate surface area is 161 Å². The molecule has 0 radical (unpaired) electrons. The predicted octanol–water partition coefficient (Wildman–Crippen LogP) is 3.58. The Morgan fingerprint density at radius 2 is 1.71 bits per heavy atom. The molecular weight excluding hydrogens is 364 g/mol. The van der Waals surface area contributed by atoms with Crippen LogP contribution in [0.2, 0.25) is 0 Å². The number of carbonyl (C=O) groups excluding carboxylic acids is 1. The van der Waals surface area contributed by atoms with E-state index in [9.17, 15) is 13.6 Å². The van der Waals surface area contributed by atoms with E-state index in [-0.39, 0.29) is 17.4 Å². The molecule has 0 spiro atoms. The van der Waals surface area contributed by atoms with Gasteiger partial charge >= 0.3 is 0 Å². The third-order valence-corrected chi connectivity index (χ3v) is 4.84. The molecule has 3 aromatic rings. The third kappa shape index (κ3) is 3.94. The Kier molecular flexibility index (Phi) is 5.16. The Morgan fingerprint density at radius 1 is 0.964 bits per heavy atom. The Balaban J connectivity index is 1.38. The molecule has 7 heteroatoms. The summed E-state index contributed by atoms with van der Waals surface area (Å²) in [5.74, 6) is -1.91. The van der Waals surface area contributed by atoms with Gasteiger partial charge in [0.2, 0.25) is 0 Å². The largest absolute Gasteiger partial charge is 0.355 e. The van der Waals surface area contributed by atoms with Gasteiger partial charge in [-0.15, -0.1) is 0 Å². The van der Waals surface area contributed by atoms with Crippen molar-refractivity contribution in [2.45, 2.75) is 6.54 Å². The third-order valence-electron chi connectivity index (χ3n) is 4.84. The van der Waals surface area contributed by atoms with E-state index < -0.39 is 11.6 Å². The monoisotopic (exact) mass is 383 g/mol. The zero-order chi connectivity index (χ0) is 19.5. The minimum absolute atomic E-state index is 0.163. The number of amides is 1. The summed E-state index contributed by atoms with van der Waals surface area (Å²) in [4.78, 5) is 16.7. The first-order valence-electron chi connectivity index (χ1n) is 9.08. The highest BCUT2D eigenvalue weighted by Crippen LogP contribution is 2.23. The second-order valence-electron chi connectivity index (χ2n) is 6.76. The van der Waals surface area contributed by atoms with Crippen LogP contribution in [-0.4, -0.2) is 47.0 Å². The number of benzene rings is 2. The van der Waals surface area contributed by atoms with E-state index in [2.05, 4.69) is 22.2 Å². The molecule has 0 unspecified atom stereocenters. The van der Waals surface area contributed by atoms with Crippen LogP contribution in [0, 0.1) is 11.6 Å². The molecule has 2 aromatic carbocycles. The molecule has 0 N–H and O–H groups in total. The Hall–Kier alpha value is -3.06. The molecule has 1 amide bonds. The van der Waals surface area contributed by atoms with Crippen molar-refractivity contribution in [2.24, 2.45) is 0 Å². The average Bonchev–Trinajstić information content (AvgIpc) is 3.21. The normalized spacial score (nSPS) is 15.0. The summed E-state index contributed by atoms with van der Waals surface area (Å²) in [5, 5.41) is 3.81. The number of carbonyl (C=O) groups is 1. The van der Waals surface area contributed by atoms with E-state index in [1.54, 1.807) is 4.90 Å².